The number of benzene rings is 1. The number of carboxylic acids is 1. The Morgan fingerprint density at radius 1 is 1.08 bits per heavy atom. The zero-order chi connectivity index (χ0) is 19.2. The van der Waals surface area contributed by atoms with E-state index in [4.69, 9.17) is 0 Å². The number of hydrogen-bond acceptors (Lipinski definition) is 3. The molecule has 0 saturated heterocycles. The van der Waals surface area contributed by atoms with Gasteiger partial charge in [-0.15, -0.1) is 0 Å². The molecule has 0 bridgehead atoms. The zero-order valence-electron chi connectivity index (χ0n) is 15.5. The molecule has 6 heteroatoms. The third kappa shape index (κ3) is 5.07. The Labute approximate surface area is 154 Å². The van der Waals surface area contributed by atoms with E-state index < -0.39 is 11.4 Å². The van der Waals surface area contributed by atoms with Gasteiger partial charge in [0.2, 0.25) is 5.91 Å². The Morgan fingerprint density at radius 3 is 2.27 bits per heavy atom. The molecule has 0 aromatic heterocycles. The van der Waals surface area contributed by atoms with Gasteiger partial charge in [0.25, 0.3) is 5.91 Å². The summed E-state index contributed by atoms with van der Waals surface area (Å²) in [7, 11) is 0. The first-order valence-electron chi connectivity index (χ1n) is 9.27. The van der Waals surface area contributed by atoms with Crippen molar-refractivity contribution in [3.63, 3.8) is 0 Å². The Morgan fingerprint density at radius 2 is 1.69 bits per heavy atom. The number of aliphatic carboxylic acids is 1. The number of amides is 2. The Kier molecular flexibility index (Phi) is 6.77. The van der Waals surface area contributed by atoms with E-state index in [2.05, 4.69) is 10.6 Å². The van der Waals surface area contributed by atoms with E-state index in [1.54, 1.807) is 24.3 Å². The molecule has 0 radical (unpaired) electrons. The highest BCUT2D eigenvalue weighted by atomic mass is 16.4. The summed E-state index contributed by atoms with van der Waals surface area (Å²) in [5.74, 6) is -1.53. The van der Waals surface area contributed by atoms with E-state index in [-0.39, 0.29) is 24.3 Å². The summed E-state index contributed by atoms with van der Waals surface area (Å²) in [6, 6.07) is 6.75. The fourth-order valence-electron chi connectivity index (χ4n) is 3.50. The highest BCUT2D eigenvalue weighted by Crippen LogP contribution is 2.38. The molecule has 1 aliphatic rings. The number of hydrogen-bond donors (Lipinski definition) is 3. The summed E-state index contributed by atoms with van der Waals surface area (Å²) in [5.41, 5.74) is -0.222. The van der Waals surface area contributed by atoms with Gasteiger partial charge in [-0.05, 0) is 38.8 Å². The van der Waals surface area contributed by atoms with Crippen LogP contribution in [0.5, 0.6) is 0 Å². The maximum Gasteiger partial charge on any atom is 0.310 e. The number of rotatable bonds is 6. The summed E-state index contributed by atoms with van der Waals surface area (Å²) >= 11 is 0. The quantitative estimate of drug-likeness (QED) is 0.676. The molecule has 2 rings (SSSR count). The molecule has 142 valence electrons. The van der Waals surface area contributed by atoms with Crippen LogP contribution in [0.25, 0.3) is 0 Å². The van der Waals surface area contributed by atoms with Gasteiger partial charge in [-0.1, -0.05) is 37.8 Å². The molecule has 0 spiro atoms. The SMILES string of the molecule is CC(C)NC(=O)c1ccccc1NC(=O)CC1(C(=O)O)CCCCCC1. The molecule has 1 aromatic rings. The first-order chi connectivity index (χ1) is 12.3. The van der Waals surface area contributed by atoms with Crippen LogP contribution in [0.3, 0.4) is 0 Å². The highest BCUT2D eigenvalue weighted by Gasteiger charge is 2.40. The molecule has 3 N–H and O–H groups in total. The monoisotopic (exact) mass is 360 g/mol. The first kappa shape index (κ1) is 19.9. The minimum absolute atomic E-state index is 0.0208. The van der Waals surface area contributed by atoms with Gasteiger partial charge in [0.1, 0.15) is 0 Å². The normalized spacial score (nSPS) is 16.6. The predicted molar refractivity (Wildman–Crippen MR) is 100 cm³/mol. The van der Waals surface area contributed by atoms with Crippen LogP contribution in [0.1, 0.15) is 69.2 Å². The lowest BCUT2D eigenvalue weighted by Gasteiger charge is -2.27. The topological polar surface area (TPSA) is 95.5 Å². The first-order valence-corrected chi connectivity index (χ1v) is 9.27. The van der Waals surface area contributed by atoms with Gasteiger partial charge in [0.05, 0.1) is 16.7 Å². The fourth-order valence-corrected chi connectivity index (χ4v) is 3.50. The molecule has 6 nitrogen and oxygen atoms in total. The van der Waals surface area contributed by atoms with Crippen molar-refractivity contribution in [2.45, 2.75) is 64.8 Å². The fraction of sp³-hybridized carbons (Fsp3) is 0.550. The third-order valence-electron chi connectivity index (χ3n) is 4.88. The molecule has 0 aliphatic heterocycles. The lowest BCUT2D eigenvalue weighted by molar-refractivity contribution is -0.152. The maximum absolute atomic E-state index is 12.6. The van der Waals surface area contributed by atoms with Gasteiger partial charge < -0.3 is 15.7 Å². The lowest BCUT2D eigenvalue weighted by atomic mass is 9.77. The zero-order valence-corrected chi connectivity index (χ0v) is 15.5. The Balaban J connectivity index is 2.14. The summed E-state index contributed by atoms with van der Waals surface area (Å²) in [4.78, 5) is 36.8. The second-order valence-corrected chi connectivity index (χ2v) is 7.40. The largest absolute Gasteiger partial charge is 0.481 e. The molecule has 1 fully saturated rings. The number of carboxylic acid groups (broad SMARTS) is 1. The standard InChI is InChI=1S/C20H28N2O4/c1-14(2)21-18(24)15-9-5-6-10-16(15)22-17(23)13-20(19(25)26)11-7-3-4-8-12-20/h5-6,9-10,14H,3-4,7-8,11-13H2,1-2H3,(H,21,24)(H,22,23)(H,25,26). The summed E-state index contributed by atoms with van der Waals surface area (Å²) in [6.45, 7) is 3.73. The van der Waals surface area contributed by atoms with Crippen LogP contribution >= 0.6 is 0 Å². The second kappa shape index (κ2) is 8.83. The summed E-state index contributed by atoms with van der Waals surface area (Å²) < 4.78 is 0. The number of nitrogens with one attached hydrogen (secondary N) is 2. The molecule has 0 unspecified atom stereocenters. The van der Waals surface area contributed by atoms with Crippen LogP contribution < -0.4 is 10.6 Å². The van der Waals surface area contributed by atoms with Crippen molar-refractivity contribution in [2.24, 2.45) is 5.41 Å². The highest BCUT2D eigenvalue weighted by molar-refractivity contribution is 6.04. The molecule has 26 heavy (non-hydrogen) atoms. The van der Waals surface area contributed by atoms with Crippen molar-refractivity contribution in [1.29, 1.82) is 0 Å². The summed E-state index contributed by atoms with van der Waals surface area (Å²) in [6.07, 6.45) is 4.64. The molecule has 1 aliphatic carbocycles. The van der Waals surface area contributed by atoms with Crippen LogP contribution in [-0.4, -0.2) is 28.9 Å². The van der Waals surface area contributed by atoms with Crippen molar-refractivity contribution in [2.75, 3.05) is 5.32 Å². The van der Waals surface area contributed by atoms with E-state index in [9.17, 15) is 19.5 Å². The van der Waals surface area contributed by atoms with Crippen molar-refractivity contribution in [3.8, 4) is 0 Å². The van der Waals surface area contributed by atoms with Crippen LogP contribution in [0.2, 0.25) is 0 Å². The lowest BCUT2D eigenvalue weighted by Crippen LogP contribution is -2.35. The van der Waals surface area contributed by atoms with Gasteiger partial charge in [-0.3, -0.25) is 14.4 Å². The van der Waals surface area contributed by atoms with E-state index in [1.165, 1.54) is 0 Å². The molecule has 1 aromatic carbocycles. The van der Waals surface area contributed by atoms with Crippen LogP contribution in [-0.2, 0) is 9.59 Å². The summed E-state index contributed by atoms with van der Waals surface area (Å²) in [5, 5.41) is 15.3. The van der Waals surface area contributed by atoms with Gasteiger partial charge in [-0.25, -0.2) is 0 Å². The Bertz CT molecular complexity index is 662. The number of carbonyl (C=O) groups excluding carboxylic acids is 2. The smallest absolute Gasteiger partial charge is 0.310 e. The Hall–Kier alpha value is -2.37. The van der Waals surface area contributed by atoms with Gasteiger partial charge >= 0.3 is 5.97 Å². The number of anilines is 1. The minimum Gasteiger partial charge on any atom is -0.481 e. The average Bonchev–Trinajstić information content (AvgIpc) is 2.81. The van der Waals surface area contributed by atoms with E-state index >= 15 is 0 Å². The molecule has 0 heterocycles. The molecule has 1 saturated carbocycles. The second-order valence-electron chi connectivity index (χ2n) is 7.40. The van der Waals surface area contributed by atoms with Gasteiger partial charge in [0.15, 0.2) is 0 Å². The molecule has 0 atom stereocenters. The van der Waals surface area contributed by atoms with Crippen LogP contribution in [0.4, 0.5) is 5.69 Å². The van der Waals surface area contributed by atoms with Gasteiger partial charge in [0, 0.05) is 12.5 Å². The maximum atomic E-state index is 12.6. The number of carbonyl (C=O) groups is 3. The van der Waals surface area contributed by atoms with Crippen LogP contribution in [0, 0.1) is 5.41 Å². The average molecular weight is 360 g/mol. The van der Waals surface area contributed by atoms with E-state index in [0.717, 1.165) is 25.7 Å². The third-order valence-corrected chi connectivity index (χ3v) is 4.88. The van der Waals surface area contributed by atoms with E-state index in [1.807, 2.05) is 13.8 Å². The van der Waals surface area contributed by atoms with Crippen LogP contribution in [0.15, 0.2) is 24.3 Å². The predicted octanol–water partition coefficient (Wildman–Crippen LogP) is 3.58. The molecule has 2 amide bonds. The van der Waals surface area contributed by atoms with Crippen molar-refractivity contribution in [1.82, 2.24) is 5.32 Å². The number of para-hydroxylation sites is 1. The van der Waals surface area contributed by atoms with Crippen molar-refractivity contribution >= 4 is 23.5 Å². The minimum atomic E-state index is -1.00. The van der Waals surface area contributed by atoms with Crippen molar-refractivity contribution < 1.29 is 19.5 Å². The van der Waals surface area contributed by atoms with Crippen molar-refractivity contribution in [3.05, 3.63) is 29.8 Å². The van der Waals surface area contributed by atoms with Gasteiger partial charge in [-0.2, -0.15) is 0 Å². The van der Waals surface area contributed by atoms with E-state index in [0.29, 0.717) is 24.1 Å². The molecular formula is C20H28N2O4. The molecular weight excluding hydrogens is 332 g/mol.